The number of ether oxygens (including phenoxy) is 1. The molecule has 0 saturated carbocycles. The molecule has 0 aliphatic rings. The van der Waals surface area contributed by atoms with Crippen molar-refractivity contribution in [1.82, 2.24) is 4.98 Å². The van der Waals surface area contributed by atoms with E-state index in [0.29, 0.717) is 27.9 Å². The zero-order valence-corrected chi connectivity index (χ0v) is 12.5. The molecule has 0 aliphatic carbocycles. The molecule has 116 valence electrons. The van der Waals surface area contributed by atoms with Crippen molar-refractivity contribution >= 4 is 27.5 Å². The summed E-state index contributed by atoms with van der Waals surface area (Å²) in [4.78, 5) is 15.4. The fourth-order valence-electron chi connectivity index (χ4n) is 2.69. The molecule has 5 nitrogen and oxygen atoms in total. The molecular formula is C19H12N2O3. The van der Waals surface area contributed by atoms with Crippen LogP contribution in [-0.2, 0) is 0 Å². The maximum Gasteiger partial charge on any atom is 0.278 e. The number of benzene rings is 3. The molecule has 0 amide bonds. The zero-order chi connectivity index (χ0) is 16.5. The number of aromatic nitrogens is 1. The summed E-state index contributed by atoms with van der Waals surface area (Å²) in [5.41, 5.74) is 1.30. The number of nitro groups is 1. The Morgan fingerprint density at radius 3 is 2.50 bits per heavy atom. The largest absolute Gasteiger partial charge is 0.455 e. The van der Waals surface area contributed by atoms with Crippen LogP contribution in [0.3, 0.4) is 0 Å². The molecule has 0 radical (unpaired) electrons. The Morgan fingerprint density at radius 2 is 1.71 bits per heavy atom. The van der Waals surface area contributed by atoms with E-state index in [1.54, 1.807) is 18.2 Å². The Hall–Kier alpha value is -3.47. The van der Waals surface area contributed by atoms with Crippen molar-refractivity contribution in [3.63, 3.8) is 0 Å². The van der Waals surface area contributed by atoms with Crippen LogP contribution in [0.2, 0.25) is 0 Å². The predicted octanol–water partition coefficient (Wildman–Crippen LogP) is 5.09. The summed E-state index contributed by atoms with van der Waals surface area (Å²) in [6.45, 7) is 0. The van der Waals surface area contributed by atoms with Crippen molar-refractivity contribution in [1.29, 1.82) is 0 Å². The SMILES string of the molecule is O=[N+]([O-])c1cccc2nc3c(Oc4ccccc4)cccc3cc12. The van der Waals surface area contributed by atoms with E-state index >= 15 is 0 Å². The molecule has 0 fully saturated rings. The third-order valence-corrected chi connectivity index (χ3v) is 3.79. The number of hydrogen-bond acceptors (Lipinski definition) is 4. The third-order valence-electron chi connectivity index (χ3n) is 3.79. The first-order valence-corrected chi connectivity index (χ1v) is 7.42. The van der Waals surface area contributed by atoms with Crippen LogP contribution in [0.1, 0.15) is 0 Å². The summed E-state index contributed by atoms with van der Waals surface area (Å²) in [6, 6.07) is 21.7. The Kier molecular flexibility index (Phi) is 3.31. The number of nitrogens with zero attached hydrogens (tertiary/aromatic N) is 2. The highest BCUT2D eigenvalue weighted by Gasteiger charge is 2.14. The minimum Gasteiger partial charge on any atom is -0.455 e. The fourth-order valence-corrected chi connectivity index (χ4v) is 2.69. The second-order valence-corrected chi connectivity index (χ2v) is 5.33. The maximum absolute atomic E-state index is 11.2. The van der Waals surface area contributed by atoms with Crippen LogP contribution in [0.15, 0.2) is 72.8 Å². The van der Waals surface area contributed by atoms with Crippen molar-refractivity contribution < 1.29 is 9.66 Å². The number of hydrogen-bond donors (Lipinski definition) is 0. The highest BCUT2D eigenvalue weighted by Crippen LogP contribution is 2.33. The molecule has 0 spiro atoms. The molecule has 1 aromatic heterocycles. The highest BCUT2D eigenvalue weighted by molar-refractivity contribution is 5.99. The van der Waals surface area contributed by atoms with E-state index in [1.807, 2.05) is 48.5 Å². The van der Waals surface area contributed by atoms with Gasteiger partial charge in [0.15, 0.2) is 5.75 Å². The van der Waals surface area contributed by atoms with E-state index < -0.39 is 0 Å². The van der Waals surface area contributed by atoms with E-state index in [-0.39, 0.29) is 10.6 Å². The Bertz CT molecular complexity index is 1060. The molecule has 0 bridgehead atoms. The van der Waals surface area contributed by atoms with Gasteiger partial charge in [0.05, 0.1) is 15.8 Å². The number of para-hydroxylation sites is 2. The summed E-state index contributed by atoms with van der Waals surface area (Å²) in [5, 5.41) is 12.5. The van der Waals surface area contributed by atoms with Gasteiger partial charge in [0.25, 0.3) is 5.69 Å². The van der Waals surface area contributed by atoms with Gasteiger partial charge >= 0.3 is 0 Å². The first kappa shape index (κ1) is 14.1. The van der Waals surface area contributed by atoms with Gasteiger partial charge in [-0.15, -0.1) is 0 Å². The van der Waals surface area contributed by atoms with Crippen molar-refractivity contribution in [3.8, 4) is 11.5 Å². The number of pyridine rings is 1. The average Bonchev–Trinajstić information content (AvgIpc) is 2.60. The summed E-state index contributed by atoms with van der Waals surface area (Å²) in [7, 11) is 0. The molecular weight excluding hydrogens is 304 g/mol. The van der Waals surface area contributed by atoms with E-state index in [1.165, 1.54) is 6.07 Å². The van der Waals surface area contributed by atoms with Crippen molar-refractivity contribution in [2.75, 3.05) is 0 Å². The topological polar surface area (TPSA) is 65.3 Å². The Balaban J connectivity index is 1.93. The molecule has 4 rings (SSSR count). The summed E-state index contributed by atoms with van der Waals surface area (Å²) in [6.07, 6.45) is 0. The summed E-state index contributed by atoms with van der Waals surface area (Å²) >= 11 is 0. The second kappa shape index (κ2) is 5.62. The molecule has 0 unspecified atom stereocenters. The summed E-state index contributed by atoms with van der Waals surface area (Å²) in [5.74, 6) is 1.33. The normalized spacial score (nSPS) is 10.8. The van der Waals surface area contributed by atoms with Crippen molar-refractivity contribution in [3.05, 3.63) is 82.9 Å². The number of rotatable bonds is 3. The van der Waals surface area contributed by atoms with Crippen LogP contribution in [0.5, 0.6) is 11.5 Å². The fraction of sp³-hybridized carbons (Fsp3) is 0. The van der Waals surface area contributed by atoms with Crippen LogP contribution in [0.25, 0.3) is 21.8 Å². The quantitative estimate of drug-likeness (QED) is 0.300. The number of nitro benzene ring substituents is 1. The second-order valence-electron chi connectivity index (χ2n) is 5.33. The van der Waals surface area contributed by atoms with Gasteiger partial charge in [-0.1, -0.05) is 36.4 Å². The van der Waals surface area contributed by atoms with Crippen LogP contribution < -0.4 is 4.74 Å². The van der Waals surface area contributed by atoms with Gasteiger partial charge in [0.1, 0.15) is 11.3 Å². The van der Waals surface area contributed by atoms with Gasteiger partial charge in [-0.3, -0.25) is 10.1 Å². The minimum atomic E-state index is -0.389. The Labute approximate surface area is 137 Å². The highest BCUT2D eigenvalue weighted by atomic mass is 16.6. The summed E-state index contributed by atoms with van der Waals surface area (Å²) < 4.78 is 5.92. The van der Waals surface area contributed by atoms with Crippen LogP contribution in [0, 0.1) is 10.1 Å². The predicted molar refractivity (Wildman–Crippen MR) is 92.4 cm³/mol. The Morgan fingerprint density at radius 1 is 0.917 bits per heavy atom. The molecule has 0 atom stereocenters. The van der Waals surface area contributed by atoms with E-state index in [4.69, 9.17) is 4.74 Å². The van der Waals surface area contributed by atoms with Crippen LogP contribution in [0.4, 0.5) is 5.69 Å². The van der Waals surface area contributed by atoms with Gasteiger partial charge in [0.2, 0.25) is 0 Å². The zero-order valence-electron chi connectivity index (χ0n) is 12.5. The minimum absolute atomic E-state index is 0.0521. The molecule has 24 heavy (non-hydrogen) atoms. The molecule has 4 aromatic rings. The van der Waals surface area contributed by atoms with Gasteiger partial charge in [0, 0.05) is 11.5 Å². The third kappa shape index (κ3) is 2.42. The van der Waals surface area contributed by atoms with E-state index in [9.17, 15) is 10.1 Å². The smallest absolute Gasteiger partial charge is 0.278 e. The van der Waals surface area contributed by atoms with E-state index in [0.717, 1.165) is 5.39 Å². The molecule has 3 aromatic carbocycles. The standard InChI is InChI=1S/C19H12N2O3/c22-21(23)17-10-5-9-16-15(17)12-13-6-4-11-18(19(13)20-16)24-14-7-2-1-3-8-14/h1-12H. The van der Waals surface area contributed by atoms with Gasteiger partial charge in [-0.25, -0.2) is 4.98 Å². The molecule has 5 heteroatoms. The molecule has 1 heterocycles. The maximum atomic E-state index is 11.2. The first-order chi connectivity index (χ1) is 11.7. The first-order valence-electron chi connectivity index (χ1n) is 7.42. The van der Waals surface area contributed by atoms with Gasteiger partial charge < -0.3 is 4.74 Å². The monoisotopic (exact) mass is 316 g/mol. The molecule has 0 N–H and O–H groups in total. The number of non-ortho nitro benzene ring substituents is 1. The average molecular weight is 316 g/mol. The van der Waals surface area contributed by atoms with Crippen LogP contribution in [-0.4, -0.2) is 9.91 Å². The van der Waals surface area contributed by atoms with Crippen LogP contribution >= 0.6 is 0 Å². The molecule has 0 saturated heterocycles. The lowest BCUT2D eigenvalue weighted by Gasteiger charge is -2.09. The number of fused-ring (bicyclic) bond motifs is 2. The lowest BCUT2D eigenvalue weighted by molar-refractivity contribution is -0.383. The lowest BCUT2D eigenvalue weighted by Crippen LogP contribution is -1.92. The van der Waals surface area contributed by atoms with Crippen molar-refractivity contribution in [2.24, 2.45) is 0 Å². The molecule has 0 aliphatic heterocycles. The lowest BCUT2D eigenvalue weighted by atomic mass is 10.1. The van der Waals surface area contributed by atoms with Crippen molar-refractivity contribution in [2.45, 2.75) is 0 Å². The van der Waals surface area contributed by atoms with E-state index in [2.05, 4.69) is 4.98 Å². The van der Waals surface area contributed by atoms with Gasteiger partial charge in [-0.05, 0) is 30.3 Å². The van der Waals surface area contributed by atoms with Gasteiger partial charge in [-0.2, -0.15) is 0 Å².